The van der Waals surface area contributed by atoms with Crippen molar-refractivity contribution >= 4 is 29.9 Å². The van der Waals surface area contributed by atoms with Gasteiger partial charge in [0.2, 0.25) is 0 Å². The Morgan fingerprint density at radius 1 is 1.00 bits per heavy atom. The van der Waals surface area contributed by atoms with E-state index in [1.807, 2.05) is 24.3 Å². The molecule has 0 spiro atoms. The molecule has 0 fully saturated rings. The summed E-state index contributed by atoms with van der Waals surface area (Å²) in [7, 11) is 3.83. The van der Waals surface area contributed by atoms with Crippen LogP contribution in [0, 0.1) is 5.82 Å². The molecule has 0 saturated heterocycles. The monoisotopic (exact) mass is 536 g/mol. The lowest BCUT2D eigenvalue weighted by Gasteiger charge is -2.19. The molecule has 1 heterocycles. The summed E-state index contributed by atoms with van der Waals surface area (Å²) in [6.07, 6.45) is 2.43. The van der Waals surface area contributed by atoms with Gasteiger partial charge >= 0.3 is 0 Å². The SMILES string of the molecule is CN=C(NCCc1cccc(F)c1)NCc1ccccc1CN(C)Cc1ccco1.I. The summed E-state index contributed by atoms with van der Waals surface area (Å²) in [6.45, 7) is 2.93. The largest absolute Gasteiger partial charge is 0.468 e. The van der Waals surface area contributed by atoms with Gasteiger partial charge in [-0.2, -0.15) is 0 Å². The van der Waals surface area contributed by atoms with Crippen LogP contribution in [0.2, 0.25) is 0 Å². The molecular weight excluding hydrogens is 506 g/mol. The predicted octanol–water partition coefficient (Wildman–Crippen LogP) is 4.58. The molecule has 0 radical (unpaired) electrons. The van der Waals surface area contributed by atoms with Crippen LogP contribution in [0.3, 0.4) is 0 Å². The molecule has 0 bridgehead atoms. The highest BCUT2D eigenvalue weighted by Crippen LogP contribution is 2.13. The summed E-state index contributed by atoms with van der Waals surface area (Å²) < 4.78 is 18.7. The third-order valence-corrected chi connectivity index (χ3v) is 4.83. The minimum atomic E-state index is -0.205. The molecule has 5 nitrogen and oxygen atoms in total. The standard InChI is InChI=1S/C24H29FN4O.HI/c1-26-24(27-13-12-19-7-5-10-22(25)15-19)28-16-20-8-3-4-9-21(20)17-29(2)18-23-11-6-14-30-23;/h3-11,14-15H,12-13,16-18H2,1-2H3,(H2,26,27,28);1H. The van der Waals surface area contributed by atoms with Gasteiger partial charge in [-0.3, -0.25) is 9.89 Å². The average molecular weight is 536 g/mol. The number of guanidine groups is 1. The van der Waals surface area contributed by atoms with Crippen LogP contribution >= 0.6 is 24.0 Å². The lowest BCUT2D eigenvalue weighted by molar-refractivity contribution is 0.287. The Labute approximate surface area is 200 Å². The minimum Gasteiger partial charge on any atom is -0.468 e. The van der Waals surface area contributed by atoms with E-state index >= 15 is 0 Å². The van der Waals surface area contributed by atoms with Crippen LogP contribution in [0.25, 0.3) is 0 Å². The lowest BCUT2D eigenvalue weighted by atomic mass is 10.1. The maximum Gasteiger partial charge on any atom is 0.191 e. The first-order valence-electron chi connectivity index (χ1n) is 10.1. The smallest absolute Gasteiger partial charge is 0.191 e. The number of halogens is 2. The van der Waals surface area contributed by atoms with Crippen molar-refractivity contribution in [2.24, 2.45) is 4.99 Å². The van der Waals surface area contributed by atoms with Gasteiger partial charge in [-0.05, 0) is 54.4 Å². The summed E-state index contributed by atoms with van der Waals surface area (Å²) in [5.74, 6) is 1.48. The second-order valence-electron chi connectivity index (χ2n) is 7.25. The zero-order valence-electron chi connectivity index (χ0n) is 18.0. The third kappa shape index (κ3) is 8.34. The van der Waals surface area contributed by atoms with Crippen LogP contribution in [-0.2, 0) is 26.1 Å². The van der Waals surface area contributed by atoms with Crippen LogP contribution < -0.4 is 10.6 Å². The van der Waals surface area contributed by atoms with E-state index in [0.717, 1.165) is 36.8 Å². The molecule has 3 aromatic rings. The second kappa shape index (κ2) is 13.1. The quantitative estimate of drug-likeness (QED) is 0.239. The third-order valence-electron chi connectivity index (χ3n) is 4.83. The molecule has 2 aromatic carbocycles. The molecule has 1 aromatic heterocycles. The molecule has 0 amide bonds. The number of benzene rings is 2. The number of nitrogens with one attached hydrogen (secondary N) is 2. The fourth-order valence-corrected chi connectivity index (χ4v) is 3.32. The number of aliphatic imine (C=N–C) groups is 1. The van der Waals surface area contributed by atoms with E-state index in [9.17, 15) is 4.39 Å². The summed E-state index contributed by atoms with van der Waals surface area (Å²) in [5.41, 5.74) is 3.44. The van der Waals surface area contributed by atoms with Crippen LogP contribution in [-0.4, -0.2) is 31.5 Å². The zero-order chi connectivity index (χ0) is 21.2. The van der Waals surface area contributed by atoms with Crippen molar-refractivity contribution < 1.29 is 8.81 Å². The van der Waals surface area contributed by atoms with Gasteiger partial charge in [-0.25, -0.2) is 4.39 Å². The Kier molecular flexibility index (Phi) is 10.5. The van der Waals surface area contributed by atoms with Gasteiger partial charge in [0.1, 0.15) is 11.6 Å². The van der Waals surface area contributed by atoms with Crippen molar-refractivity contribution in [3.05, 3.63) is 95.2 Å². The average Bonchev–Trinajstić information content (AvgIpc) is 3.24. The van der Waals surface area contributed by atoms with Crippen molar-refractivity contribution in [2.75, 3.05) is 20.6 Å². The number of furan rings is 1. The van der Waals surface area contributed by atoms with Crippen molar-refractivity contribution in [3.8, 4) is 0 Å². The van der Waals surface area contributed by atoms with E-state index in [2.05, 4.69) is 45.8 Å². The number of rotatable bonds is 9. The van der Waals surface area contributed by atoms with E-state index in [1.165, 1.54) is 17.2 Å². The Balaban J connectivity index is 0.00000341. The van der Waals surface area contributed by atoms with Gasteiger partial charge in [0.05, 0.1) is 12.8 Å². The van der Waals surface area contributed by atoms with Crippen LogP contribution in [0.5, 0.6) is 0 Å². The van der Waals surface area contributed by atoms with Crippen molar-refractivity contribution in [1.29, 1.82) is 0 Å². The predicted molar refractivity (Wildman–Crippen MR) is 134 cm³/mol. The van der Waals surface area contributed by atoms with Crippen molar-refractivity contribution in [3.63, 3.8) is 0 Å². The molecule has 2 N–H and O–H groups in total. The van der Waals surface area contributed by atoms with Gasteiger partial charge in [0.15, 0.2) is 5.96 Å². The first kappa shape index (κ1) is 24.9. The lowest BCUT2D eigenvalue weighted by Crippen LogP contribution is -2.38. The first-order chi connectivity index (χ1) is 14.6. The number of nitrogens with zero attached hydrogens (tertiary/aromatic N) is 2. The number of hydrogen-bond donors (Lipinski definition) is 2. The highest BCUT2D eigenvalue weighted by atomic mass is 127. The molecule has 7 heteroatoms. The topological polar surface area (TPSA) is 52.8 Å². The maximum absolute atomic E-state index is 13.3. The fraction of sp³-hybridized carbons (Fsp3) is 0.292. The Hall–Kier alpha value is -2.39. The zero-order valence-corrected chi connectivity index (χ0v) is 20.3. The summed E-state index contributed by atoms with van der Waals surface area (Å²) >= 11 is 0. The van der Waals surface area contributed by atoms with E-state index in [4.69, 9.17) is 4.42 Å². The van der Waals surface area contributed by atoms with E-state index < -0.39 is 0 Å². The molecule has 0 aliphatic heterocycles. The maximum atomic E-state index is 13.3. The summed E-state index contributed by atoms with van der Waals surface area (Å²) in [4.78, 5) is 6.52. The van der Waals surface area contributed by atoms with Gasteiger partial charge in [0, 0.05) is 26.7 Å². The molecule has 0 aliphatic carbocycles. The summed E-state index contributed by atoms with van der Waals surface area (Å²) in [5, 5.41) is 6.66. The molecular formula is C24H30FIN4O. The van der Waals surface area contributed by atoms with Gasteiger partial charge < -0.3 is 15.1 Å². The Morgan fingerprint density at radius 3 is 2.52 bits per heavy atom. The Bertz CT molecular complexity index is 946. The van der Waals surface area contributed by atoms with Crippen LogP contribution in [0.1, 0.15) is 22.5 Å². The molecule has 0 unspecified atom stereocenters. The van der Waals surface area contributed by atoms with Crippen LogP contribution in [0.15, 0.2) is 76.3 Å². The molecule has 0 atom stereocenters. The van der Waals surface area contributed by atoms with Gasteiger partial charge in [-0.1, -0.05) is 36.4 Å². The van der Waals surface area contributed by atoms with E-state index in [1.54, 1.807) is 25.4 Å². The highest BCUT2D eigenvalue weighted by molar-refractivity contribution is 14.0. The molecule has 31 heavy (non-hydrogen) atoms. The highest BCUT2D eigenvalue weighted by Gasteiger charge is 2.08. The molecule has 0 aliphatic rings. The van der Waals surface area contributed by atoms with E-state index in [0.29, 0.717) is 13.1 Å². The van der Waals surface area contributed by atoms with Gasteiger partial charge in [-0.15, -0.1) is 24.0 Å². The van der Waals surface area contributed by atoms with E-state index in [-0.39, 0.29) is 29.8 Å². The molecule has 166 valence electrons. The first-order valence-corrected chi connectivity index (χ1v) is 10.1. The summed E-state index contributed by atoms with van der Waals surface area (Å²) in [6, 6.07) is 19.0. The number of hydrogen-bond acceptors (Lipinski definition) is 3. The normalized spacial score (nSPS) is 11.3. The van der Waals surface area contributed by atoms with Gasteiger partial charge in [0.25, 0.3) is 0 Å². The Morgan fingerprint density at radius 2 is 1.81 bits per heavy atom. The van der Waals surface area contributed by atoms with Crippen molar-refractivity contribution in [1.82, 2.24) is 15.5 Å². The molecule has 3 rings (SSSR count). The second-order valence-corrected chi connectivity index (χ2v) is 7.25. The van der Waals surface area contributed by atoms with Crippen molar-refractivity contribution in [2.45, 2.75) is 26.1 Å². The fourth-order valence-electron chi connectivity index (χ4n) is 3.32. The molecule has 0 saturated carbocycles. The van der Waals surface area contributed by atoms with Crippen LogP contribution in [0.4, 0.5) is 4.39 Å². The minimum absolute atomic E-state index is 0.